The standard InChI is InChI=1S/C13H22N2O3S/c1-2-11-15(10(8-19-11)12(16)17)13(18)14-7-9-5-3-4-6-9/h9-11H,2-8H2,1H3,(H,14,18)(H,16,17). The number of aliphatic carboxylic acids is 1. The number of thioether (sulfide) groups is 1. The van der Waals surface area contributed by atoms with Crippen LogP contribution in [0.2, 0.25) is 0 Å². The molecule has 0 bridgehead atoms. The molecule has 2 N–H and O–H groups in total. The Morgan fingerprint density at radius 1 is 1.37 bits per heavy atom. The molecule has 19 heavy (non-hydrogen) atoms. The van der Waals surface area contributed by atoms with Crippen LogP contribution in [0.25, 0.3) is 0 Å². The van der Waals surface area contributed by atoms with Gasteiger partial charge in [0.15, 0.2) is 0 Å². The van der Waals surface area contributed by atoms with Crippen molar-refractivity contribution in [2.75, 3.05) is 12.3 Å². The highest BCUT2D eigenvalue weighted by atomic mass is 32.2. The van der Waals surface area contributed by atoms with Crippen molar-refractivity contribution in [3.05, 3.63) is 0 Å². The van der Waals surface area contributed by atoms with Crippen molar-refractivity contribution in [3.8, 4) is 0 Å². The van der Waals surface area contributed by atoms with Crippen LogP contribution in [-0.2, 0) is 4.79 Å². The Morgan fingerprint density at radius 2 is 2.05 bits per heavy atom. The lowest BCUT2D eigenvalue weighted by Crippen LogP contribution is -2.50. The van der Waals surface area contributed by atoms with Gasteiger partial charge in [-0.25, -0.2) is 9.59 Å². The quantitative estimate of drug-likeness (QED) is 0.830. The fourth-order valence-electron chi connectivity index (χ4n) is 2.88. The molecule has 0 spiro atoms. The van der Waals surface area contributed by atoms with Gasteiger partial charge in [-0.1, -0.05) is 19.8 Å². The summed E-state index contributed by atoms with van der Waals surface area (Å²) in [7, 11) is 0. The van der Waals surface area contributed by atoms with Crippen LogP contribution >= 0.6 is 11.8 Å². The average molecular weight is 286 g/mol. The van der Waals surface area contributed by atoms with Crippen LogP contribution in [0, 0.1) is 5.92 Å². The molecule has 2 unspecified atom stereocenters. The minimum atomic E-state index is -0.903. The minimum Gasteiger partial charge on any atom is -0.480 e. The van der Waals surface area contributed by atoms with E-state index < -0.39 is 12.0 Å². The largest absolute Gasteiger partial charge is 0.480 e. The Morgan fingerprint density at radius 3 is 2.63 bits per heavy atom. The summed E-state index contributed by atoms with van der Waals surface area (Å²) in [5.41, 5.74) is 0. The van der Waals surface area contributed by atoms with Crippen LogP contribution < -0.4 is 5.32 Å². The first-order valence-electron chi connectivity index (χ1n) is 7.04. The lowest BCUT2D eigenvalue weighted by Gasteiger charge is -2.27. The summed E-state index contributed by atoms with van der Waals surface area (Å²) in [5.74, 6) is 0.159. The third kappa shape index (κ3) is 3.35. The fraction of sp³-hybridized carbons (Fsp3) is 0.846. The zero-order chi connectivity index (χ0) is 13.8. The number of urea groups is 1. The number of nitrogens with one attached hydrogen (secondary N) is 1. The van der Waals surface area contributed by atoms with Crippen molar-refractivity contribution < 1.29 is 14.7 Å². The smallest absolute Gasteiger partial charge is 0.327 e. The third-order valence-electron chi connectivity index (χ3n) is 3.98. The molecule has 2 atom stereocenters. The summed E-state index contributed by atoms with van der Waals surface area (Å²) in [6, 6.07) is -0.894. The molecule has 2 rings (SSSR count). The number of nitrogens with zero attached hydrogens (tertiary/aromatic N) is 1. The maximum Gasteiger partial charge on any atom is 0.327 e. The summed E-state index contributed by atoms with van der Waals surface area (Å²) >= 11 is 1.56. The van der Waals surface area contributed by atoms with E-state index in [0.29, 0.717) is 18.2 Å². The van der Waals surface area contributed by atoms with E-state index in [1.54, 1.807) is 11.8 Å². The fourth-order valence-corrected chi connectivity index (χ4v) is 4.22. The van der Waals surface area contributed by atoms with Gasteiger partial charge in [0.2, 0.25) is 0 Å². The molecule has 5 nitrogen and oxygen atoms in total. The molecule has 0 radical (unpaired) electrons. The zero-order valence-corrected chi connectivity index (χ0v) is 12.1. The predicted octanol–water partition coefficient (Wildman–Crippen LogP) is 2.12. The molecule has 1 saturated carbocycles. The lowest BCUT2D eigenvalue weighted by molar-refractivity contribution is -0.141. The predicted molar refractivity (Wildman–Crippen MR) is 75.2 cm³/mol. The average Bonchev–Trinajstić information content (AvgIpc) is 3.04. The van der Waals surface area contributed by atoms with E-state index >= 15 is 0 Å². The summed E-state index contributed by atoms with van der Waals surface area (Å²) < 4.78 is 0. The number of rotatable bonds is 4. The molecule has 1 aliphatic heterocycles. The first kappa shape index (κ1) is 14.5. The van der Waals surface area contributed by atoms with Crippen molar-refractivity contribution in [3.63, 3.8) is 0 Å². The molecule has 0 aromatic carbocycles. The van der Waals surface area contributed by atoms with E-state index in [2.05, 4.69) is 5.32 Å². The second-order valence-corrected chi connectivity index (χ2v) is 6.50. The topological polar surface area (TPSA) is 69.6 Å². The second kappa shape index (κ2) is 6.50. The van der Waals surface area contributed by atoms with E-state index in [0.717, 1.165) is 6.42 Å². The molecule has 1 heterocycles. The first-order valence-corrected chi connectivity index (χ1v) is 8.09. The maximum atomic E-state index is 12.2. The number of hydrogen-bond acceptors (Lipinski definition) is 3. The highest BCUT2D eigenvalue weighted by molar-refractivity contribution is 8.00. The first-order chi connectivity index (χ1) is 9.13. The molecule has 1 aliphatic carbocycles. The number of carboxylic acid groups (broad SMARTS) is 1. The van der Waals surface area contributed by atoms with Crippen LogP contribution in [0.15, 0.2) is 0 Å². The molecule has 108 valence electrons. The van der Waals surface area contributed by atoms with Crippen molar-refractivity contribution >= 4 is 23.8 Å². The van der Waals surface area contributed by atoms with Crippen molar-refractivity contribution in [1.82, 2.24) is 10.2 Å². The highest BCUT2D eigenvalue weighted by Gasteiger charge is 2.40. The van der Waals surface area contributed by atoms with Gasteiger partial charge in [-0.3, -0.25) is 4.90 Å². The van der Waals surface area contributed by atoms with Gasteiger partial charge in [0.05, 0.1) is 5.37 Å². The zero-order valence-electron chi connectivity index (χ0n) is 11.3. The Bertz CT molecular complexity index is 345. The number of carboxylic acids is 1. The van der Waals surface area contributed by atoms with E-state index in [1.807, 2.05) is 6.92 Å². The lowest BCUT2D eigenvalue weighted by atomic mass is 10.1. The van der Waals surface area contributed by atoms with Gasteiger partial charge < -0.3 is 10.4 Å². The van der Waals surface area contributed by atoms with Crippen LogP contribution in [0.1, 0.15) is 39.0 Å². The van der Waals surface area contributed by atoms with Gasteiger partial charge in [0.1, 0.15) is 6.04 Å². The van der Waals surface area contributed by atoms with E-state index in [9.17, 15) is 14.7 Å². The van der Waals surface area contributed by atoms with E-state index in [4.69, 9.17) is 0 Å². The molecular formula is C13H22N2O3S. The highest BCUT2D eigenvalue weighted by Crippen LogP contribution is 2.31. The Hall–Kier alpha value is -0.910. The van der Waals surface area contributed by atoms with Gasteiger partial charge in [-0.15, -0.1) is 11.8 Å². The molecule has 0 aromatic heterocycles. The molecular weight excluding hydrogens is 264 g/mol. The molecule has 1 saturated heterocycles. The second-order valence-electron chi connectivity index (χ2n) is 5.29. The van der Waals surface area contributed by atoms with E-state index in [1.165, 1.54) is 30.6 Å². The van der Waals surface area contributed by atoms with Gasteiger partial charge in [-0.2, -0.15) is 0 Å². The molecule has 2 amide bonds. The SMILES string of the molecule is CCC1SCC(C(=O)O)N1C(=O)NCC1CCCC1. The third-order valence-corrected chi connectivity index (χ3v) is 5.43. The number of amides is 2. The molecule has 6 heteroatoms. The van der Waals surface area contributed by atoms with Gasteiger partial charge in [0.25, 0.3) is 0 Å². The van der Waals surface area contributed by atoms with E-state index in [-0.39, 0.29) is 11.4 Å². The monoisotopic (exact) mass is 286 g/mol. The number of carbonyl (C=O) groups excluding carboxylic acids is 1. The maximum absolute atomic E-state index is 12.2. The number of hydrogen-bond donors (Lipinski definition) is 2. The Labute approximate surface area is 118 Å². The summed E-state index contributed by atoms with van der Waals surface area (Å²) in [6.45, 7) is 2.67. The van der Waals surface area contributed by atoms with Crippen molar-refractivity contribution in [1.29, 1.82) is 0 Å². The molecule has 0 aromatic rings. The van der Waals surface area contributed by atoms with Crippen LogP contribution in [0.5, 0.6) is 0 Å². The number of carbonyl (C=O) groups is 2. The normalized spacial score (nSPS) is 27.7. The Kier molecular flexibility index (Phi) is 4.96. The van der Waals surface area contributed by atoms with Crippen molar-refractivity contribution in [2.45, 2.75) is 50.4 Å². The van der Waals surface area contributed by atoms with Crippen LogP contribution in [-0.4, -0.2) is 45.7 Å². The molecule has 2 aliphatic rings. The van der Waals surface area contributed by atoms with Crippen molar-refractivity contribution in [2.24, 2.45) is 5.92 Å². The summed E-state index contributed by atoms with van der Waals surface area (Å²) in [6.07, 6.45) is 5.62. The van der Waals surface area contributed by atoms with Crippen LogP contribution in [0.4, 0.5) is 4.79 Å². The molecule has 2 fully saturated rings. The van der Waals surface area contributed by atoms with Gasteiger partial charge >= 0.3 is 12.0 Å². The summed E-state index contributed by atoms with van der Waals surface area (Å²) in [4.78, 5) is 24.9. The van der Waals surface area contributed by atoms with Gasteiger partial charge in [-0.05, 0) is 25.2 Å². The van der Waals surface area contributed by atoms with Gasteiger partial charge in [0, 0.05) is 12.3 Å². The summed E-state index contributed by atoms with van der Waals surface area (Å²) in [5, 5.41) is 12.1. The Balaban J connectivity index is 1.91. The minimum absolute atomic E-state index is 0.00956. The van der Waals surface area contributed by atoms with Crippen LogP contribution in [0.3, 0.4) is 0 Å².